The van der Waals surface area contributed by atoms with Crippen LogP contribution in [0, 0.1) is 10.1 Å². The zero-order valence-corrected chi connectivity index (χ0v) is 14.5. The minimum atomic E-state index is -0.549. The van der Waals surface area contributed by atoms with Crippen molar-refractivity contribution in [3.05, 3.63) is 85.4 Å². The van der Waals surface area contributed by atoms with Gasteiger partial charge >= 0.3 is 0 Å². The second-order valence-corrected chi connectivity index (χ2v) is 6.68. The van der Waals surface area contributed by atoms with E-state index >= 15 is 0 Å². The molecule has 3 aromatic rings. The Labute approximate surface area is 152 Å². The summed E-state index contributed by atoms with van der Waals surface area (Å²) in [6.45, 7) is 0.668. The SMILES string of the molecule is O=C(c1ccc([N+](=O)[O-])cc1Cl)N(Cc1ccco1)Cc1cccs1. The number of rotatable bonds is 6. The summed E-state index contributed by atoms with van der Waals surface area (Å²) in [4.78, 5) is 25.8. The molecule has 8 heteroatoms. The van der Waals surface area contributed by atoms with Crippen LogP contribution >= 0.6 is 22.9 Å². The van der Waals surface area contributed by atoms with Crippen molar-refractivity contribution in [2.75, 3.05) is 0 Å². The van der Waals surface area contributed by atoms with Crippen LogP contribution in [0.5, 0.6) is 0 Å². The molecule has 0 aliphatic heterocycles. The second kappa shape index (κ2) is 7.50. The van der Waals surface area contributed by atoms with Crippen LogP contribution in [0.3, 0.4) is 0 Å². The molecule has 0 fully saturated rings. The van der Waals surface area contributed by atoms with Crippen LogP contribution in [0.4, 0.5) is 5.69 Å². The predicted molar refractivity (Wildman–Crippen MR) is 94.7 cm³/mol. The van der Waals surface area contributed by atoms with E-state index in [-0.39, 0.29) is 28.7 Å². The minimum Gasteiger partial charge on any atom is -0.467 e. The van der Waals surface area contributed by atoms with Crippen molar-refractivity contribution < 1.29 is 14.1 Å². The Bertz CT molecular complexity index is 842. The molecule has 0 aliphatic carbocycles. The average Bonchev–Trinajstić information content (AvgIpc) is 3.27. The van der Waals surface area contributed by atoms with E-state index in [4.69, 9.17) is 16.0 Å². The maximum absolute atomic E-state index is 12.9. The first-order valence-corrected chi connectivity index (χ1v) is 8.58. The van der Waals surface area contributed by atoms with Crippen LogP contribution in [0.1, 0.15) is 21.0 Å². The van der Waals surface area contributed by atoms with Gasteiger partial charge in [0.25, 0.3) is 11.6 Å². The fourth-order valence-electron chi connectivity index (χ4n) is 2.34. The number of hydrogen-bond donors (Lipinski definition) is 0. The summed E-state index contributed by atoms with van der Waals surface area (Å²) < 4.78 is 5.34. The number of carbonyl (C=O) groups excluding carboxylic acids is 1. The van der Waals surface area contributed by atoms with Gasteiger partial charge in [-0.2, -0.15) is 0 Å². The number of amides is 1. The minimum absolute atomic E-state index is 0.0508. The molecule has 3 rings (SSSR count). The maximum Gasteiger partial charge on any atom is 0.270 e. The fraction of sp³-hybridized carbons (Fsp3) is 0.118. The van der Waals surface area contributed by atoms with Crippen molar-refractivity contribution in [2.24, 2.45) is 0 Å². The van der Waals surface area contributed by atoms with Gasteiger partial charge in [0, 0.05) is 17.0 Å². The molecule has 1 amide bonds. The molecule has 0 aliphatic rings. The molecular weight excluding hydrogens is 364 g/mol. The zero-order valence-electron chi connectivity index (χ0n) is 12.9. The third-order valence-electron chi connectivity index (χ3n) is 3.53. The summed E-state index contributed by atoms with van der Waals surface area (Å²) in [6, 6.07) is 11.2. The first-order chi connectivity index (χ1) is 12.0. The number of furan rings is 1. The molecule has 6 nitrogen and oxygen atoms in total. The molecule has 0 saturated carbocycles. The number of nitrogens with zero attached hydrogens (tertiary/aromatic N) is 2. The average molecular weight is 377 g/mol. The summed E-state index contributed by atoms with van der Waals surface area (Å²) in [5.74, 6) is 0.327. The van der Waals surface area contributed by atoms with E-state index in [0.29, 0.717) is 12.3 Å². The van der Waals surface area contributed by atoms with E-state index in [2.05, 4.69) is 0 Å². The molecule has 0 unspecified atom stereocenters. The van der Waals surface area contributed by atoms with Crippen LogP contribution in [0.2, 0.25) is 5.02 Å². The topological polar surface area (TPSA) is 76.6 Å². The first-order valence-electron chi connectivity index (χ1n) is 7.32. The van der Waals surface area contributed by atoms with Gasteiger partial charge in [-0.15, -0.1) is 11.3 Å². The van der Waals surface area contributed by atoms with Gasteiger partial charge < -0.3 is 9.32 Å². The van der Waals surface area contributed by atoms with Gasteiger partial charge in [0.15, 0.2) is 0 Å². The van der Waals surface area contributed by atoms with E-state index in [1.165, 1.54) is 18.2 Å². The highest BCUT2D eigenvalue weighted by molar-refractivity contribution is 7.09. The van der Waals surface area contributed by atoms with E-state index < -0.39 is 4.92 Å². The van der Waals surface area contributed by atoms with Crippen molar-refractivity contribution in [1.29, 1.82) is 0 Å². The van der Waals surface area contributed by atoms with Gasteiger partial charge in [-0.05, 0) is 29.6 Å². The molecule has 2 heterocycles. The molecule has 0 bridgehead atoms. The van der Waals surface area contributed by atoms with Gasteiger partial charge in [-0.3, -0.25) is 14.9 Å². The lowest BCUT2D eigenvalue weighted by Gasteiger charge is -2.21. The Balaban J connectivity index is 1.89. The number of carbonyl (C=O) groups is 1. The van der Waals surface area contributed by atoms with Crippen molar-refractivity contribution >= 4 is 34.5 Å². The monoisotopic (exact) mass is 376 g/mol. The second-order valence-electron chi connectivity index (χ2n) is 5.24. The Morgan fingerprint density at radius 2 is 2.08 bits per heavy atom. The quantitative estimate of drug-likeness (QED) is 0.459. The van der Waals surface area contributed by atoms with Crippen LogP contribution in [0.25, 0.3) is 0 Å². The Morgan fingerprint density at radius 1 is 1.24 bits per heavy atom. The third-order valence-corrected chi connectivity index (χ3v) is 4.71. The number of non-ortho nitro benzene ring substituents is 1. The van der Waals surface area contributed by atoms with E-state index in [0.717, 1.165) is 4.88 Å². The normalized spacial score (nSPS) is 10.6. The summed E-state index contributed by atoms with van der Waals surface area (Å²) in [5, 5.41) is 12.8. The number of benzene rings is 1. The Morgan fingerprint density at radius 3 is 2.68 bits per heavy atom. The smallest absolute Gasteiger partial charge is 0.270 e. The van der Waals surface area contributed by atoms with Crippen LogP contribution in [-0.2, 0) is 13.1 Å². The fourth-order valence-corrected chi connectivity index (χ4v) is 3.32. The van der Waals surface area contributed by atoms with E-state index in [9.17, 15) is 14.9 Å². The summed E-state index contributed by atoms with van der Waals surface area (Å²) in [5.41, 5.74) is 0.0628. The number of nitro benzene ring substituents is 1. The molecule has 0 atom stereocenters. The molecule has 2 aromatic heterocycles. The highest BCUT2D eigenvalue weighted by Crippen LogP contribution is 2.25. The van der Waals surface area contributed by atoms with Gasteiger partial charge in [0.1, 0.15) is 5.76 Å². The molecule has 0 spiro atoms. The lowest BCUT2D eigenvalue weighted by atomic mass is 10.1. The Kier molecular flexibility index (Phi) is 5.16. The third kappa shape index (κ3) is 4.07. The molecule has 0 radical (unpaired) electrons. The number of nitro groups is 1. The highest BCUT2D eigenvalue weighted by Gasteiger charge is 2.22. The van der Waals surface area contributed by atoms with Crippen molar-refractivity contribution in [3.63, 3.8) is 0 Å². The van der Waals surface area contributed by atoms with Crippen molar-refractivity contribution in [2.45, 2.75) is 13.1 Å². The van der Waals surface area contributed by atoms with Gasteiger partial charge in [-0.25, -0.2) is 0 Å². The van der Waals surface area contributed by atoms with Crippen LogP contribution in [0.15, 0.2) is 58.5 Å². The summed E-state index contributed by atoms with van der Waals surface area (Å²) in [6.07, 6.45) is 1.54. The lowest BCUT2D eigenvalue weighted by Crippen LogP contribution is -2.30. The van der Waals surface area contributed by atoms with Crippen LogP contribution < -0.4 is 0 Å². The number of halogens is 1. The van der Waals surface area contributed by atoms with Gasteiger partial charge in [0.05, 0.1) is 34.9 Å². The first kappa shape index (κ1) is 17.2. The lowest BCUT2D eigenvalue weighted by molar-refractivity contribution is -0.384. The van der Waals surface area contributed by atoms with Gasteiger partial charge in [-0.1, -0.05) is 17.7 Å². The van der Waals surface area contributed by atoms with Crippen LogP contribution in [-0.4, -0.2) is 15.7 Å². The molecule has 128 valence electrons. The molecule has 0 N–H and O–H groups in total. The summed E-state index contributed by atoms with van der Waals surface area (Å²) >= 11 is 7.64. The highest BCUT2D eigenvalue weighted by atomic mass is 35.5. The number of thiophene rings is 1. The predicted octanol–water partition coefficient (Wildman–Crippen LogP) is 4.75. The van der Waals surface area contributed by atoms with Crippen molar-refractivity contribution in [1.82, 2.24) is 4.90 Å². The molecular formula is C17H13ClN2O4S. The van der Waals surface area contributed by atoms with E-state index in [1.807, 2.05) is 17.5 Å². The molecule has 1 aromatic carbocycles. The largest absolute Gasteiger partial charge is 0.467 e. The zero-order chi connectivity index (χ0) is 17.8. The standard InChI is InChI=1S/C17H13ClN2O4S/c18-16-9-12(20(22)23)5-6-15(16)17(21)19(10-13-3-1-7-24-13)11-14-4-2-8-25-14/h1-9H,10-11H2. The maximum atomic E-state index is 12.9. The molecule has 25 heavy (non-hydrogen) atoms. The summed E-state index contributed by atoms with van der Waals surface area (Å²) in [7, 11) is 0. The molecule has 0 saturated heterocycles. The Hall–Kier alpha value is -2.64. The van der Waals surface area contributed by atoms with E-state index in [1.54, 1.807) is 34.6 Å². The van der Waals surface area contributed by atoms with Crippen molar-refractivity contribution in [3.8, 4) is 0 Å². The number of hydrogen-bond acceptors (Lipinski definition) is 5. The van der Waals surface area contributed by atoms with Gasteiger partial charge in [0.2, 0.25) is 0 Å².